The maximum absolute atomic E-state index is 4.95. The Balaban J connectivity index is 1.48. The normalized spacial score (nSPS) is 16.5. The van der Waals surface area contributed by atoms with E-state index in [1.807, 2.05) is 30.7 Å². The molecule has 1 fully saturated rings. The Labute approximate surface area is 157 Å². The third-order valence-corrected chi connectivity index (χ3v) is 5.46. The molecule has 5 rings (SSSR count). The molecule has 27 heavy (non-hydrogen) atoms. The molecule has 1 aliphatic rings. The minimum absolute atomic E-state index is 0.875. The van der Waals surface area contributed by atoms with Crippen molar-refractivity contribution in [2.45, 2.75) is 0 Å². The average molecular weight is 361 g/mol. The van der Waals surface area contributed by atoms with Gasteiger partial charge in [0.25, 0.3) is 0 Å². The Bertz CT molecular complexity index is 1100. The molecule has 2 N–H and O–H groups in total. The fourth-order valence-corrected chi connectivity index (χ4v) is 3.84. The summed E-state index contributed by atoms with van der Waals surface area (Å²) in [5.74, 6) is 0.916. The monoisotopic (exact) mass is 361 g/mol. The second kappa shape index (κ2) is 6.75. The summed E-state index contributed by atoms with van der Waals surface area (Å²) in [4.78, 5) is 21.9. The van der Waals surface area contributed by atoms with E-state index < -0.39 is 0 Å². The highest BCUT2D eigenvalue weighted by molar-refractivity contribution is 6.16. The van der Waals surface area contributed by atoms with Crippen LogP contribution in [0.15, 0.2) is 36.9 Å². The molecule has 1 aliphatic heterocycles. The largest absolute Gasteiger partial charge is 0.368 e. The number of nitrogens with zero attached hydrogens (tertiary/aromatic N) is 5. The molecular weight excluding hydrogens is 338 g/mol. The van der Waals surface area contributed by atoms with Gasteiger partial charge < -0.3 is 15.2 Å². The molecule has 0 amide bonds. The van der Waals surface area contributed by atoms with Gasteiger partial charge in [0.2, 0.25) is 0 Å². The molecule has 0 aromatic carbocycles. The van der Waals surface area contributed by atoms with Crippen LogP contribution < -0.4 is 5.32 Å². The van der Waals surface area contributed by atoms with E-state index in [9.17, 15) is 0 Å². The van der Waals surface area contributed by atoms with Crippen LogP contribution in [-0.4, -0.2) is 76.1 Å². The van der Waals surface area contributed by atoms with E-state index in [2.05, 4.69) is 37.1 Å². The molecule has 0 saturated carbocycles. The van der Waals surface area contributed by atoms with Crippen molar-refractivity contribution in [1.29, 1.82) is 0 Å². The number of H-pyrrole nitrogens is 1. The van der Waals surface area contributed by atoms with E-state index in [1.165, 1.54) is 0 Å². The molecule has 7 nitrogen and oxygen atoms in total. The summed E-state index contributed by atoms with van der Waals surface area (Å²) in [6.45, 7) is 6.44. The van der Waals surface area contributed by atoms with Crippen LogP contribution >= 0.6 is 0 Å². The quantitative estimate of drug-likeness (QED) is 0.581. The Morgan fingerprint density at radius 3 is 2.63 bits per heavy atom. The molecule has 5 heterocycles. The Hall–Kier alpha value is -2.77. The van der Waals surface area contributed by atoms with Crippen molar-refractivity contribution in [2.24, 2.45) is 0 Å². The van der Waals surface area contributed by atoms with Crippen LogP contribution in [0.25, 0.3) is 32.7 Å². The highest BCUT2D eigenvalue weighted by Crippen LogP contribution is 2.32. The van der Waals surface area contributed by atoms with Gasteiger partial charge in [0.1, 0.15) is 11.3 Å². The van der Waals surface area contributed by atoms with Crippen LogP contribution in [0.4, 0.5) is 5.82 Å². The second-order valence-electron chi connectivity index (χ2n) is 7.22. The van der Waals surface area contributed by atoms with Crippen LogP contribution in [0.5, 0.6) is 0 Å². The Morgan fingerprint density at radius 1 is 1.00 bits per heavy atom. The van der Waals surface area contributed by atoms with Gasteiger partial charge in [0.05, 0.1) is 11.0 Å². The van der Waals surface area contributed by atoms with Crippen molar-refractivity contribution in [3.05, 3.63) is 36.9 Å². The van der Waals surface area contributed by atoms with E-state index >= 15 is 0 Å². The SMILES string of the molecule is CN1CCN(CCNc2nc3c4cnccc4[nH]c3c3cnccc23)CC1. The standard InChI is InChI=1S/C20H23N7/c1-26-8-10-27(11-9-26)7-6-23-20-14-2-4-21-12-15(14)18-19(25-20)16-13-22-5-3-17(16)24-18/h2-5,12-13,24H,6-11H2,1H3,(H,23,25). The molecule has 0 aliphatic carbocycles. The molecular formula is C20H23N7. The Morgan fingerprint density at radius 2 is 1.78 bits per heavy atom. The number of fused-ring (bicyclic) bond motifs is 5. The van der Waals surface area contributed by atoms with Gasteiger partial charge in [0, 0.05) is 80.2 Å². The minimum Gasteiger partial charge on any atom is -0.368 e. The first-order chi connectivity index (χ1) is 13.3. The zero-order chi connectivity index (χ0) is 18.2. The molecule has 1 saturated heterocycles. The van der Waals surface area contributed by atoms with Crippen molar-refractivity contribution in [1.82, 2.24) is 29.7 Å². The predicted octanol–water partition coefficient (Wildman–Crippen LogP) is 2.32. The zero-order valence-electron chi connectivity index (χ0n) is 15.4. The number of pyridine rings is 3. The molecule has 4 aromatic heterocycles. The summed E-state index contributed by atoms with van der Waals surface area (Å²) in [6, 6.07) is 4.02. The van der Waals surface area contributed by atoms with Crippen LogP contribution in [0.3, 0.4) is 0 Å². The number of hydrogen-bond donors (Lipinski definition) is 2. The number of hydrogen-bond acceptors (Lipinski definition) is 6. The van der Waals surface area contributed by atoms with Gasteiger partial charge in [-0.2, -0.15) is 0 Å². The zero-order valence-corrected chi connectivity index (χ0v) is 15.4. The van der Waals surface area contributed by atoms with Crippen LogP contribution in [0.1, 0.15) is 0 Å². The molecule has 0 atom stereocenters. The summed E-state index contributed by atoms with van der Waals surface area (Å²) in [5, 5.41) is 6.78. The topological polar surface area (TPSA) is 73.0 Å². The number of aromatic nitrogens is 4. The first kappa shape index (κ1) is 16.4. The lowest BCUT2D eigenvalue weighted by atomic mass is 10.1. The van der Waals surface area contributed by atoms with Crippen LogP contribution in [0.2, 0.25) is 0 Å². The van der Waals surface area contributed by atoms with E-state index in [0.717, 1.165) is 77.8 Å². The minimum atomic E-state index is 0.875. The number of rotatable bonds is 4. The fraction of sp³-hybridized carbons (Fsp3) is 0.350. The molecule has 0 unspecified atom stereocenters. The number of piperazine rings is 1. The number of anilines is 1. The van der Waals surface area contributed by atoms with Crippen molar-refractivity contribution < 1.29 is 0 Å². The molecule has 4 aromatic rings. The number of aromatic amines is 1. The fourth-order valence-electron chi connectivity index (χ4n) is 3.84. The maximum atomic E-state index is 4.95. The summed E-state index contributed by atoms with van der Waals surface area (Å²) in [5.41, 5.74) is 3.01. The highest BCUT2D eigenvalue weighted by Gasteiger charge is 2.15. The summed E-state index contributed by atoms with van der Waals surface area (Å²) in [7, 11) is 2.19. The molecule has 0 radical (unpaired) electrons. The van der Waals surface area contributed by atoms with Crippen LogP contribution in [0, 0.1) is 0 Å². The van der Waals surface area contributed by atoms with Gasteiger partial charge in [-0.3, -0.25) is 14.9 Å². The van der Waals surface area contributed by atoms with Gasteiger partial charge in [-0.1, -0.05) is 0 Å². The van der Waals surface area contributed by atoms with Crippen molar-refractivity contribution in [2.75, 3.05) is 51.6 Å². The smallest absolute Gasteiger partial charge is 0.134 e. The van der Waals surface area contributed by atoms with Gasteiger partial charge in [-0.15, -0.1) is 0 Å². The Kier molecular flexibility index (Phi) is 4.10. The van der Waals surface area contributed by atoms with E-state index in [4.69, 9.17) is 4.98 Å². The van der Waals surface area contributed by atoms with Gasteiger partial charge >= 0.3 is 0 Å². The van der Waals surface area contributed by atoms with E-state index in [1.54, 1.807) is 6.20 Å². The lowest BCUT2D eigenvalue weighted by Gasteiger charge is -2.32. The third kappa shape index (κ3) is 2.98. The average Bonchev–Trinajstić information content (AvgIpc) is 3.08. The van der Waals surface area contributed by atoms with E-state index in [-0.39, 0.29) is 0 Å². The first-order valence-corrected chi connectivity index (χ1v) is 9.43. The second-order valence-corrected chi connectivity index (χ2v) is 7.22. The maximum Gasteiger partial charge on any atom is 0.134 e. The molecule has 0 bridgehead atoms. The van der Waals surface area contributed by atoms with Gasteiger partial charge in [-0.25, -0.2) is 4.98 Å². The number of likely N-dealkylation sites (N-methyl/N-ethyl adjacent to an activating group) is 1. The first-order valence-electron chi connectivity index (χ1n) is 9.43. The predicted molar refractivity (Wildman–Crippen MR) is 109 cm³/mol. The van der Waals surface area contributed by atoms with Gasteiger partial charge in [-0.05, 0) is 19.2 Å². The third-order valence-electron chi connectivity index (χ3n) is 5.46. The lowest BCUT2D eigenvalue weighted by Crippen LogP contribution is -2.45. The summed E-state index contributed by atoms with van der Waals surface area (Å²) in [6.07, 6.45) is 7.41. The lowest BCUT2D eigenvalue weighted by molar-refractivity contribution is 0.158. The number of nitrogens with one attached hydrogen (secondary N) is 2. The van der Waals surface area contributed by atoms with Crippen molar-refractivity contribution in [3.8, 4) is 0 Å². The molecule has 138 valence electrons. The molecule has 0 spiro atoms. The molecule has 7 heteroatoms. The van der Waals surface area contributed by atoms with E-state index in [0.29, 0.717) is 0 Å². The van der Waals surface area contributed by atoms with Crippen molar-refractivity contribution in [3.63, 3.8) is 0 Å². The van der Waals surface area contributed by atoms with Gasteiger partial charge in [0.15, 0.2) is 0 Å². The van der Waals surface area contributed by atoms with Crippen molar-refractivity contribution >= 4 is 38.5 Å². The summed E-state index contributed by atoms with van der Waals surface area (Å²) >= 11 is 0. The highest BCUT2D eigenvalue weighted by atomic mass is 15.2. The summed E-state index contributed by atoms with van der Waals surface area (Å²) < 4.78 is 0. The van der Waals surface area contributed by atoms with Crippen LogP contribution in [-0.2, 0) is 0 Å².